The van der Waals surface area contributed by atoms with Crippen molar-refractivity contribution in [2.75, 3.05) is 23.3 Å². The van der Waals surface area contributed by atoms with E-state index in [1.165, 1.54) is 13.3 Å². The van der Waals surface area contributed by atoms with Crippen molar-refractivity contribution in [3.8, 4) is 0 Å². The van der Waals surface area contributed by atoms with Crippen LogP contribution in [0.2, 0.25) is 0 Å². The summed E-state index contributed by atoms with van der Waals surface area (Å²) in [5, 5.41) is 14.4. The van der Waals surface area contributed by atoms with Crippen LogP contribution in [0.4, 0.5) is 17.1 Å². The lowest BCUT2D eigenvalue weighted by molar-refractivity contribution is -0.383. The fraction of sp³-hybridized carbons (Fsp3) is 0.632. The average Bonchev–Trinajstić information content (AvgIpc) is 2.55. The Morgan fingerprint density at radius 1 is 1.12 bits per heavy atom. The largest absolute Gasteiger partial charge is 0.366 e. The summed E-state index contributed by atoms with van der Waals surface area (Å²) < 4.78 is 0. The molecule has 1 aromatic carbocycles. The maximum Gasteiger partial charge on any atom is 0.316 e. The maximum atomic E-state index is 11.8. The van der Waals surface area contributed by atoms with Crippen molar-refractivity contribution in [2.24, 2.45) is 0 Å². The molecule has 0 saturated heterocycles. The fourth-order valence-electron chi connectivity index (χ4n) is 2.97. The van der Waals surface area contributed by atoms with E-state index in [2.05, 4.69) is 24.1 Å². The quantitative estimate of drug-likeness (QED) is 0.345. The van der Waals surface area contributed by atoms with Gasteiger partial charge in [-0.05, 0) is 31.4 Å². The van der Waals surface area contributed by atoms with E-state index in [-0.39, 0.29) is 22.2 Å². The molecule has 0 radical (unpaired) electrons. The van der Waals surface area contributed by atoms with Crippen molar-refractivity contribution < 1.29 is 9.72 Å². The third-order valence-corrected chi connectivity index (χ3v) is 4.23. The summed E-state index contributed by atoms with van der Waals surface area (Å²) in [5.41, 5.74) is 1.78. The summed E-state index contributed by atoms with van der Waals surface area (Å²) >= 11 is 0. The Labute approximate surface area is 150 Å². The number of carbonyl (C=O) groups excluding carboxylic acids is 1. The molecule has 0 aliphatic heterocycles. The molecule has 0 unspecified atom stereocenters. The molecule has 1 rings (SSSR count). The number of nitro groups is 1. The number of nitrogens with one attached hydrogen (secondary N) is 1. The van der Waals surface area contributed by atoms with Gasteiger partial charge in [0.25, 0.3) is 0 Å². The molecule has 140 valence electrons. The summed E-state index contributed by atoms with van der Waals surface area (Å²) in [5.74, 6) is -0.305. The third kappa shape index (κ3) is 6.36. The van der Waals surface area contributed by atoms with Crippen LogP contribution in [-0.4, -0.2) is 23.9 Å². The Bertz CT molecular complexity index is 588. The summed E-state index contributed by atoms with van der Waals surface area (Å²) in [4.78, 5) is 24.9. The molecule has 0 saturated carbocycles. The van der Waals surface area contributed by atoms with Crippen LogP contribution in [0.15, 0.2) is 12.1 Å². The van der Waals surface area contributed by atoms with Crippen LogP contribution in [0, 0.1) is 17.0 Å². The molecule has 0 aromatic heterocycles. The zero-order valence-corrected chi connectivity index (χ0v) is 15.9. The van der Waals surface area contributed by atoms with E-state index in [1.807, 2.05) is 13.0 Å². The number of aryl methyl sites for hydroxylation is 1. The van der Waals surface area contributed by atoms with Crippen LogP contribution in [0.1, 0.15) is 64.9 Å². The van der Waals surface area contributed by atoms with Gasteiger partial charge in [0.15, 0.2) is 0 Å². The number of benzene rings is 1. The second-order valence-electron chi connectivity index (χ2n) is 6.47. The van der Waals surface area contributed by atoms with E-state index in [1.54, 1.807) is 6.07 Å². The zero-order chi connectivity index (χ0) is 18.8. The summed E-state index contributed by atoms with van der Waals surface area (Å²) in [6, 6.07) is 3.46. The maximum absolute atomic E-state index is 11.8. The van der Waals surface area contributed by atoms with Crippen LogP contribution in [0.25, 0.3) is 0 Å². The molecule has 1 amide bonds. The Balaban J connectivity index is 3.24. The predicted octanol–water partition coefficient (Wildman–Crippen LogP) is 5.05. The molecule has 0 aliphatic carbocycles. The minimum absolute atomic E-state index is 0.00166. The number of nitro benzene ring substituents is 1. The van der Waals surface area contributed by atoms with Gasteiger partial charge in [0.1, 0.15) is 11.4 Å². The first-order chi connectivity index (χ1) is 11.9. The van der Waals surface area contributed by atoms with Crippen LogP contribution in [0.5, 0.6) is 0 Å². The van der Waals surface area contributed by atoms with Gasteiger partial charge in [-0.1, -0.05) is 45.6 Å². The number of unbranched alkanes of at least 4 members (excludes halogenated alkanes) is 4. The standard InChI is InChI=1S/C19H31N3O3/c1-5-7-9-10-14-21(13-8-6-2)18-15(3)11-12-17(20-16(4)23)19(18)22(24)25/h11-12H,5-10,13-14H2,1-4H3,(H,20,23). The van der Waals surface area contributed by atoms with E-state index < -0.39 is 0 Å². The molecular weight excluding hydrogens is 318 g/mol. The lowest BCUT2D eigenvalue weighted by atomic mass is 10.1. The monoisotopic (exact) mass is 349 g/mol. The SMILES string of the molecule is CCCCCCN(CCCC)c1c(C)ccc(NC(C)=O)c1[N+](=O)[O-]. The van der Waals surface area contributed by atoms with Crippen molar-refractivity contribution in [2.45, 2.75) is 66.2 Å². The van der Waals surface area contributed by atoms with Gasteiger partial charge in [-0.2, -0.15) is 0 Å². The second-order valence-corrected chi connectivity index (χ2v) is 6.47. The number of rotatable bonds is 11. The zero-order valence-electron chi connectivity index (χ0n) is 15.9. The lowest BCUT2D eigenvalue weighted by Crippen LogP contribution is -2.27. The molecule has 0 heterocycles. The predicted molar refractivity (Wildman–Crippen MR) is 103 cm³/mol. The van der Waals surface area contributed by atoms with Crippen molar-refractivity contribution in [3.05, 3.63) is 27.8 Å². The molecule has 1 N–H and O–H groups in total. The Kier molecular flexibility index (Phi) is 8.95. The molecule has 0 aliphatic rings. The Hall–Kier alpha value is -2.11. The highest BCUT2D eigenvalue weighted by atomic mass is 16.6. The number of nitrogens with zero attached hydrogens (tertiary/aromatic N) is 2. The third-order valence-electron chi connectivity index (χ3n) is 4.23. The van der Waals surface area contributed by atoms with Crippen molar-refractivity contribution in [1.82, 2.24) is 0 Å². The summed E-state index contributed by atoms with van der Waals surface area (Å²) in [7, 11) is 0. The molecular formula is C19H31N3O3. The topological polar surface area (TPSA) is 75.5 Å². The lowest BCUT2D eigenvalue weighted by Gasteiger charge is -2.27. The Morgan fingerprint density at radius 2 is 1.76 bits per heavy atom. The smallest absolute Gasteiger partial charge is 0.316 e. The minimum Gasteiger partial charge on any atom is -0.366 e. The first-order valence-corrected chi connectivity index (χ1v) is 9.22. The van der Waals surface area contributed by atoms with E-state index in [0.717, 1.165) is 50.8 Å². The van der Waals surface area contributed by atoms with E-state index in [4.69, 9.17) is 0 Å². The summed E-state index contributed by atoms with van der Waals surface area (Å²) in [6.45, 7) is 9.12. The van der Waals surface area contributed by atoms with Gasteiger partial charge in [-0.15, -0.1) is 0 Å². The minimum atomic E-state index is -0.376. The molecule has 6 nitrogen and oxygen atoms in total. The highest BCUT2D eigenvalue weighted by Crippen LogP contribution is 2.38. The van der Waals surface area contributed by atoms with Crippen molar-refractivity contribution in [3.63, 3.8) is 0 Å². The molecule has 0 fully saturated rings. The number of anilines is 2. The Morgan fingerprint density at radius 3 is 2.32 bits per heavy atom. The van der Waals surface area contributed by atoms with Gasteiger partial charge < -0.3 is 10.2 Å². The van der Waals surface area contributed by atoms with Gasteiger partial charge in [0.05, 0.1) is 4.92 Å². The summed E-state index contributed by atoms with van der Waals surface area (Å²) in [6.07, 6.45) is 6.48. The highest BCUT2D eigenvalue weighted by molar-refractivity contribution is 5.94. The van der Waals surface area contributed by atoms with E-state index >= 15 is 0 Å². The molecule has 0 spiro atoms. The van der Waals surface area contributed by atoms with E-state index in [0.29, 0.717) is 5.69 Å². The number of amides is 1. The number of carbonyl (C=O) groups is 1. The molecule has 6 heteroatoms. The number of hydrogen-bond donors (Lipinski definition) is 1. The van der Waals surface area contributed by atoms with Gasteiger partial charge >= 0.3 is 5.69 Å². The molecule has 25 heavy (non-hydrogen) atoms. The fourth-order valence-corrected chi connectivity index (χ4v) is 2.97. The normalized spacial score (nSPS) is 10.6. The van der Waals surface area contributed by atoms with Crippen LogP contribution in [0.3, 0.4) is 0 Å². The average molecular weight is 349 g/mol. The van der Waals surface area contributed by atoms with Crippen molar-refractivity contribution >= 4 is 23.0 Å². The van der Waals surface area contributed by atoms with Gasteiger partial charge in [-0.25, -0.2) is 0 Å². The first kappa shape index (κ1) is 20.9. The number of hydrogen-bond acceptors (Lipinski definition) is 4. The molecule has 1 aromatic rings. The highest BCUT2D eigenvalue weighted by Gasteiger charge is 2.26. The van der Waals surface area contributed by atoms with E-state index in [9.17, 15) is 14.9 Å². The van der Waals surface area contributed by atoms with Crippen LogP contribution in [-0.2, 0) is 4.79 Å². The van der Waals surface area contributed by atoms with Gasteiger partial charge in [0, 0.05) is 20.0 Å². The van der Waals surface area contributed by atoms with Crippen LogP contribution < -0.4 is 10.2 Å². The van der Waals surface area contributed by atoms with Crippen molar-refractivity contribution in [1.29, 1.82) is 0 Å². The second kappa shape index (κ2) is 10.7. The van der Waals surface area contributed by atoms with Gasteiger partial charge in [-0.3, -0.25) is 14.9 Å². The van der Waals surface area contributed by atoms with Crippen LogP contribution >= 0.6 is 0 Å². The first-order valence-electron chi connectivity index (χ1n) is 9.22. The molecule has 0 bridgehead atoms. The molecule has 0 atom stereocenters. The van der Waals surface area contributed by atoms with Gasteiger partial charge in [0.2, 0.25) is 5.91 Å².